The summed E-state index contributed by atoms with van der Waals surface area (Å²) in [6.07, 6.45) is 1.29. The van der Waals surface area contributed by atoms with Crippen molar-refractivity contribution in [1.29, 1.82) is 0 Å². The highest BCUT2D eigenvalue weighted by atomic mass is 16.1. The van der Waals surface area contributed by atoms with Crippen LogP contribution in [-0.2, 0) is 4.79 Å². The van der Waals surface area contributed by atoms with Crippen LogP contribution in [0.2, 0.25) is 0 Å². The molecule has 1 amide bonds. The molecule has 94 valence electrons. The van der Waals surface area contributed by atoms with Gasteiger partial charge in [-0.25, -0.2) is 4.98 Å². The minimum Gasteiger partial charge on any atom is -0.369 e. The number of nitrogens with zero attached hydrogens (tertiary/aromatic N) is 1. The van der Waals surface area contributed by atoms with Crippen LogP contribution in [0.4, 0.5) is 5.82 Å². The molecule has 0 saturated heterocycles. The topological polar surface area (TPSA) is 86.9 Å². The van der Waals surface area contributed by atoms with Crippen molar-refractivity contribution < 1.29 is 4.79 Å². The van der Waals surface area contributed by atoms with Crippen molar-refractivity contribution in [2.75, 3.05) is 18.4 Å². The lowest BCUT2D eigenvalue weighted by Crippen LogP contribution is -2.26. The maximum absolute atomic E-state index is 11.3. The van der Waals surface area contributed by atoms with Gasteiger partial charge in [0.15, 0.2) is 0 Å². The molecule has 0 atom stereocenters. The number of amides is 1. The van der Waals surface area contributed by atoms with E-state index in [4.69, 9.17) is 0 Å². The quantitative estimate of drug-likeness (QED) is 0.669. The SMILES string of the molecule is CCCNC(=O)CCNc1cc(=O)[nH]c(C)n1. The summed E-state index contributed by atoms with van der Waals surface area (Å²) in [5, 5.41) is 5.72. The maximum Gasteiger partial charge on any atom is 0.252 e. The molecule has 1 heterocycles. The molecule has 0 fully saturated rings. The third kappa shape index (κ3) is 5.14. The second-order valence-corrected chi connectivity index (χ2v) is 3.74. The molecule has 1 rings (SSSR count). The van der Waals surface area contributed by atoms with Gasteiger partial charge in [-0.2, -0.15) is 0 Å². The van der Waals surface area contributed by atoms with Crippen LogP contribution in [0.25, 0.3) is 0 Å². The van der Waals surface area contributed by atoms with E-state index >= 15 is 0 Å². The highest BCUT2D eigenvalue weighted by Gasteiger charge is 2.01. The Morgan fingerprint density at radius 3 is 2.88 bits per heavy atom. The molecular formula is C11H18N4O2. The Morgan fingerprint density at radius 2 is 2.24 bits per heavy atom. The number of nitrogens with one attached hydrogen (secondary N) is 3. The normalized spacial score (nSPS) is 10.0. The summed E-state index contributed by atoms with van der Waals surface area (Å²) in [6.45, 7) is 4.87. The third-order valence-corrected chi connectivity index (χ3v) is 2.09. The van der Waals surface area contributed by atoms with E-state index in [1.807, 2.05) is 6.92 Å². The highest BCUT2D eigenvalue weighted by Crippen LogP contribution is 1.97. The summed E-state index contributed by atoms with van der Waals surface area (Å²) in [5.41, 5.74) is -0.199. The minimum absolute atomic E-state index is 0.000845. The van der Waals surface area contributed by atoms with Gasteiger partial charge >= 0.3 is 0 Å². The standard InChI is InChI=1S/C11H18N4O2/c1-3-5-13-10(16)4-6-12-9-7-11(17)15-8(2)14-9/h7H,3-6H2,1-2H3,(H,13,16)(H2,12,14,15,17). The number of hydrogen-bond donors (Lipinski definition) is 3. The van der Waals surface area contributed by atoms with Crippen LogP contribution >= 0.6 is 0 Å². The average Bonchev–Trinajstić information content (AvgIpc) is 2.25. The molecule has 0 aliphatic heterocycles. The Kier molecular flexibility index (Phi) is 5.19. The van der Waals surface area contributed by atoms with Crippen molar-refractivity contribution in [2.45, 2.75) is 26.7 Å². The van der Waals surface area contributed by atoms with Crippen molar-refractivity contribution >= 4 is 11.7 Å². The van der Waals surface area contributed by atoms with E-state index in [-0.39, 0.29) is 11.5 Å². The molecule has 1 aromatic rings. The van der Waals surface area contributed by atoms with Gasteiger partial charge in [-0.05, 0) is 13.3 Å². The van der Waals surface area contributed by atoms with Gasteiger partial charge in [0.25, 0.3) is 5.56 Å². The first-order valence-electron chi connectivity index (χ1n) is 5.70. The zero-order chi connectivity index (χ0) is 12.7. The summed E-state index contributed by atoms with van der Waals surface area (Å²) in [5.74, 6) is 1.05. The molecule has 0 aromatic carbocycles. The third-order valence-electron chi connectivity index (χ3n) is 2.09. The first kappa shape index (κ1) is 13.2. The van der Waals surface area contributed by atoms with Crippen LogP contribution in [0.15, 0.2) is 10.9 Å². The number of rotatable bonds is 6. The van der Waals surface area contributed by atoms with Crippen molar-refractivity contribution in [3.8, 4) is 0 Å². The Bertz CT molecular complexity index is 428. The molecule has 0 unspecified atom stereocenters. The molecule has 6 nitrogen and oxygen atoms in total. The van der Waals surface area contributed by atoms with E-state index < -0.39 is 0 Å². The van der Waals surface area contributed by atoms with Crippen LogP contribution < -0.4 is 16.2 Å². The Balaban J connectivity index is 2.35. The van der Waals surface area contributed by atoms with Gasteiger partial charge < -0.3 is 15.6 Å². The number of carbonyl (C=O) groups is 1. The second-order valence-electron chi connectivity index (χ2n) is 3.74. The number of hydrogen-bond acceptors (Lipinski definition) is 4. The van der Waals surface area contributed by atoms with Gasteiger partial charge in [0.05, 0.1) is 0 Å². The van der Waals surface area contributed by atoms with Crippen molar-refractivity contribution in [3.05, 3.63) is 22.2 Å². The maximum atomic E-state index is 11.3. The first-order valence-corrected chi connectivity index (χ1v) is 5.70. The van der Waals surface area contributed by atoms with Crippen LogP contribution in [0, 0.1) is 6.92 Å². The smallest absolute Gasteiger partial charge is 0.252 e. The number of H-pyrrole nitrogens is 1. The fourth-order valence-electron chi connectivity index (χ4n) is 1.33. The number of aryl methyl sites for hydroxylation is 1. The molecule has 0 saturated carbocycles. The second kappa shape index (κ2) is 6.67. The fourth-order valence-corrected chi connectivity index (χ4v) is 1.33. The molecule has 17 heavy (non-hydrogen) atoms. The van der Waals surface area contributed by atoms with Crippen LogP contribution in [0.1, 0.15) is 25.6 Å². The Labute approximate surface area is 99.8 Å². The lowest BCUT2D eigenvalue weighted by molar-refractivity contribution is -0.120. The average molecular weight is 238 g/mol. The van der Waals surface area contributed by atoms with E-state index in [0.29, 0.717) is 31.2 Å². The predicted octanol–water partition coefficient (Wildman–Crippen LogP) is 0.407. The fraction of sp³-hybridized carbons (Fsp3) is 0.545. The van der Waals surface area contributed by atoms with E-state index in [0.717, 1.165) is 6.42 Å². The first-order chi connectivity index (χ1) is 8.11. The van der Waals surface area contributed by atoms with Crippen LogP contribution in [0.5, 0.6) is 0 Å². The Hall–Kier alpha value is -1.85. The lowest BCUT2D eigenvalue weighted by Gasteiger charge is -2.06. The van der Waals surface area contributed by atoms with Gasteiger partial charge in [-0.15, -0.1) is 0 Å². The molecule has 3 N–H and O–H groups in total. The number of anilines is 1. The van der Waals surface area contributed by atoms with Crippen molar-refractivity contribution in [1.82, 2.24) is 15.3 Å². The Morgan fingerprint density at radius 1 is 1.47 bits per heavy atom. The monoisotopic (exact) mass is 238 g/mol. The van der Waals surface area contributed by atoms with E-state index in [2.05, 4.69) is 20.6 Å². The predicted molar refractivity (Wildman–Crippen MR) is 66.0 cm³/mol. The van der Waals surface area contributed by atoms with E-state index in [1.54, 1.807) is 6.92 Å². The van der Waals surface area contributed by atoms with Gasteiger partial charge in [-0.1, -0.05) is 6.92 Å². The highest BCUT2D eigenvalue weighted by molar-refractivity contribution is 5.76. The van der Waals surface area contributed by atoms with E-state index in [9.17, 15) is 9.59 Å². The van der Waals surface area contributed by atoms with Crippen LogP contribution in [0.3, 0.4) is 0 Å². The van der Waals surface area contributed by atoms with Gasteiger partial charge in [0.1, 0.15) is 11.6 Å². The van der Waals surface area contributed by atoms with Gasteiger partial charge in [0, 0.05) is 25.6 Å². The molecule has 0 radical (unpaired) electrons. The van der Waals surface area contributed by atoms with Crippen molar-refractivity contribution in [3.63, 3.8) is 0 Å². The summed E-state index contributed by atoms with van der Waals surface area (Å²) < 4.78 is 0. The molecule has 0 bridgehead atoms. The summed E-state index contributed by atoms with van der Waals surface area (Å²) in [4.78, 5) is 29.1. The number of aromatic nitrogens is 2. The zero-order valence-electron chi connectivity index (χ0n) is 10.2. The minimum atomic E-state index is -0.199. The van der Waals surface area contributed by atoms with Gasteiger partial charge in [-0.3, -0.25) is 9.59 Å². The number of aromatic amines is 1. The molecule has 0 spiro atoms. The van der Waals surface area contributed by atoms with Gasteiger partial charge in [0.2, 0.25) is 5.91 Å². The molecule has 0 aliphatic rings. The largest absolute Gasteiger partial charge is 0.369 e. The molecule has 6 heteroatoms. The summed E-state index contributed by atoms with van der Waals surface area (Å²) in [6, 6.07) is 1.37. The van der Waals surface area contributed by atoms with Crippen molar-refractivity contribution in [2.24, 2.45) is 0 Å². The lowest BCUT2D eigenvalue weighted by atomic mass is 10.3. The van der Waals surface area contributed by atoms with E-state index in [1.165, 1.54) is 6.07 Å². The molecular weight excluding hydrogens is 220 g/mol. The zero-order valence-corrected chi connectivity index (χ0v) is 10.2. The molecule has 1 aromatic heterocycles. The molecule has 0 aliphatic carbocycles. The van der Waals surface area contributed by atoms with Crippen LogP contribution in [-0.4, -0.2) is 29.0 Å². The summed E-state index contributed by atoms with van der Waals surface area (Å²) >= 11 is 0. The summed E-state index contributed by atoms with van der Waals surface area (Å²) in [7, 11) is 0. The number of carbonyl (C=O) groups excluding carboxylic acids is 1.